The van der Waals surface area contributed by atoms with Gasteiger partial charge in [-0.3, -0.25) is 4.79 Å². The van der Waals surface area contributed by atoms with Crippen LogP contribution in [0.4, 0.5) is 29.1 Å². The molecule has 1 N–H and O–H groups in total. The lowest BCUT2D eigenvalue weighted by Gasteiger charge is -2.27. The molecule has 2 aliphatic rings. The number of carbonyl (C=O) groups is 1. The number of fused-ring (bicyclic) bond motifs is 5. The van der Waals surface area contributed by atoms with Crippen molar-refractivity contribution in [3.8, 4) is 5.75 Å². The first-order valence-electron chi connectivity index (χ1n) is 11.6. The van der Waals surface area contributed by atoms with Gasteiger partial charge in [0.05, 0.1) is 36.0 Å². The van der Waals surface area contributed by atoms with Crippen molar-refractivity contribution in [2.75, 3.05) is 36.6 Å². The number of nitrogens with zero attached hydrogens (tertiary/aromatic N) is 3. The van der Waals surface area contributed by atoms with E-state index in [2.05, 4.69) is 15.3 Å². The van der Waals surface area contributed by atoms with Gasteiger partial charge in [0.1, 0.15) is 29.8 Å². The molecule has 7 nitrogen and oxygen atoms in total. The highest BCUT2D eigenvalue weighted by molar-refractivity contribution is 5.99. The number of benzene rings is 2. The highest BCUT2D eigenvalue weighted by Crippen LogP contribution is 2.42. The van der Waals surface area contributed by atoms with Gasteiger partial charge < -0.3 is 19.7 Å². The standard InChI is InChI=1S/C25H24F4N4O3/c1-13-6-8-36-22-15(4-3-5-17(22)25(27,28)29)14(2)30-24-16-10-20(33-7-9-35-12-21(33)34)18(26)11-19(16)31-23(13)32-24/h3-5,10-11,13-14H,6-9,12H2,1-2H3,(H,30,31,32)/t13-,14-/m1/s1. The average Bonchev–Trinajstić information content (AvgIpc) is 2.84. The third kappa shape index (κ3) is 4.43. The minimum absolute atomic E-state index is 0.0250. The van der Waals surface area contributed by atoms with Gasteiger partial charge >= 0.3 is 6.18 Å². The first-order chi connectivity index (χ1) is 17.1. The van der Waals surface area contributed by atoms with Gasteiger partial charge in [-0.2, -0.15) is 13.2 Å². The predicted molar refractivity (Wildman–Crippen MR) is 125 cm³/mol. The number of hydrogen-bond acceptors (Lipinski definition) is 6. The van der Waals surface area contributed by atoms with E-state index in [-0.39, 0.29) is 49.6 Å². The molecule has 1 aromatic heterocycles. The quantitative estimate of drug-likeness (QED) is 0.459. The highest BCUT2D eigenvalue weighted by atomic mass is 19.4. The molecule has 1 saturated heterocycles. The highest BCUT2D eigenvalue weighted by Gasteiger charge is 2.36. The molecule has 0 spiro atoms. The molecule has 5 rings (SSSR count). The zero-order chi connectivity index (χ0) is 25.6. The second kappa shape index (κ2) is 9.20. The molecule has 0 radical (unpaired) electrons. The van der Waals surface area contributed by atoms with E-state index in [1.807, 2.05) is 6.92 Å². The fourth-order valence-electron chi connectivity index (χ4n) is 4.50. The number of halogens is 4. The number of para-hydroxylation sites is 1. The maximum Gasteiger partial charge on any atom is 0.419 e. The smallest absolute Gasteiger partial charge is 0.419 e. The van der Waals surface area contributed by atoms with E-state index in [1.165, 1.54) is 23.1 Å². The zero-order valence-corrected chi connectivity index (χ0v) is 19.7. The third-order valence-electron chi connectivity index (χ3n) is 6.47. The van der Waals surface area contributed by atoms with E-state index in [9.17, 15) is 18.0 Å². The second-order valence-electron chi connectivity index (χ2n) is 8.98. The van der Waals surface area contributed by atoms with Crippen molar-refractivity contribution in [2.24, 2.45) is 0 Å². The fraction of sp³-hybridized carbons (Fsp3) is 0.400. The molecule has 1 amide bonds. The first-order valence-corrected chi connectivity index (χ1v) is 11.6. The molecule has 2 bridgehead atoms. The Kier molecular flexibility index (Phi) is 6.19. The van der Waals surface area contributed by atoms with Gasteiger partial charge in [-0.05, 0) is 25.5 Å². The summed E-state index contributed by atoms with van der Waals surface area (Å²) in [5.41, 5.74) is -0.131. The Morgan fingerprint density at radius 3 is 2.69 bits per heavy atom. The van der Waals surface area contributed by atoms with Crippen molar-refractivity contribution in [3.05, 3.63) is 53.1 Å². The number of alkyl halides is 3. The number of aromatic nitrogens is 2. The molecule has 2 aliphatic heterocycles. The first kappa shape index (κ1) is 24.2. The number of ether oxygens (including phenoxy) is 2. The summed E-state index contributed by atoms with van der Waals surface area (Å²) >= 11 is 0. The van der Waals surface area contributed by atoms with Crippen LogP contribution in [0.1, 0.15) is 49.2 Å². The van der Waals surface area contributed by atoms with Crippen LogP contribution in [-0.2, 0) is 15.7 Å². The number of anilines is 2. The summed E-state index contributed by atoms with van der Waals surface area (Å²) in [6, 6.07) is 6.03. The van der Waals surface area contributed by atoms with E-state index < -0.39 is 23.6 Å². The number of nitrogens with one attached hydrogen (secondary N) is 1. The summed E-state index contributed by atoms with van der Waals surface area (Å²) in [7, 11) is 0. The van der Waals surface area contributed by atoms with Gasteiger partial charge in [0.15, 0.2) is 0 Å². The second-order valence-corrected chi connectivity index (χ2v) is 8.98. The Morgan fingerprint density at radius 2 is 1.94 bits per heavy atom. The Morgan fingerprint density at radius 1 is 1.14 bits per heavy atom. The number of morpholine rings is 1. The lowest BCUT2D eigenvalue weighted by Crippen LogP contribution is -2.42. The Balaban J connectivity index is 1.66. The largest absolute Gasteiger partial charge is 0.493 e. The Hall–Kier alpha value is -3.47. The van der Waals surface area contributed by atoms with Crippen LogP contribution in [0.25, 0.3) is 10.9 Å². The van der Waals surface area contributed by atoms with Gasteiger partial charge in [0.25, 0.3) is 5.91 Å². The van der Waals surface area contributed by atoms with Gasteiger partial charge in [0.2, 0.25) is 0 Å². The van der Waals surface area contributed by atoms with Gasteiger partial charge in [-0.1, -0.05) is 19.1 Å². The summed E-state index contributed by atoms with van der Waals surface area (Å²) in [4.78, 5) is 22.9. The van der Waals surface area contributed by atoms with Crippen LogP contribution in [0.3, 0.4) is 0 Å². The summed E-state index contributed by atoms with van der Waals surface area (Å²) in [5, 5.41) is 3.64. The molecule has 2 aromatic carbocycles. The summed E-state index contributed by atoms with van der Waals surface area (Å²) in [6.45, 7) is 3.89. The lowest BCUT2D eigenvalue weighted by atomic mass is 10.0. The molecule has 1 fully saturated rings. The van der Waals surface area contributed by atoms with Gasteiger partial charge in [-0.25, -0.2) is 14.4 Å². The van der Waals surface area contributed by atoms with Crippen LogP contribution in [-0.4, -0.2) is 42.2 Å². The maximum absolute atomic E-state index is 15.1. The van der Waals surface area contributed by atoms with Crippen LogP contribution in [0, 0.1) is 5.82 Å². The molecule has 0 unspecified atom stereocenters. The predicted octanol–water partition coefficient (Wildman–Crippen LogP) is 5.21. The third-order valence-corrected chi connectivity index (χ3v) is 6.47. The SMILES string of the molecule is C[C@@H]1CCOc2c(cccc2C(F)(F)F)[C@@H](C)Nc2nc1nc1cc(F)c(N3CCOCC3=O)cc21. The number of hydrogen-bond donors (Lipinski definition) is 1. The van der Waals surface area contributed by atoms with Crippen LogP contribution in [0.5, 0.6) is 5.75 Å². The monoisotopic (exact) mass is 504 g/mol. The fourth-order valence-corrected chi connectivity index (χ4v) is 4.50. The number of rotatable bonds is 1. The molecular formula is C25H24F4N4O3. The molecule has 190 valence electrons. The van der Waals surface area contributed by atoms with E-state index in [1.54, 1.807) is 13.0 Å². The molecule has 0 saturated carbocycles. The molecule has 3 heterocycles. The molecular weight excluding hydrogens is 480 g/mol. The van der Waals surface area contributed by atoms with E-state index in [0.29, 0.717) is 34.5 Å². The van der Waals surface area contributed by atoms with Crippen molar-refractivity contribution in [2.45, 2.75) is 38.4 Å². The number of carbonyl (C=O) groups excluding carboxylic acids is 1. The zero-order valence-electron chi connectivity index (χ0n) is 19.7. The van der Waals surface area contributed by atoms with Crippen molar-refractivity contribution in [3.63, 3.8) is 0 Å². The van der Waals surface area contributed by atoms with Crippen molar-refractivity contribution >= 4 is 28.3 Å². The lowest BCUT2D eigenvalue weighted by molar-refractivity contribution is -0.139. The van der Waals surface area contributed by atoms with Crippen LogP contribution in [0.2, 0.25) is 0 Å². The number of amides is 1. The average molecular weight is 504 g/mol. The van der Waals surface area contributed by atoms with Crippen LogP contribution in [0.15, 0.2) is 30.3 Å². The normalized spacial score (nSPS) is 20.8. The topological polar surface area (TPSA) is 76.6 Å². The van der Waals surface area contributed by atoms with Crippen molar-refractivity contribution in [1.82, 2.24) is 9.97 Å². The van der Waals surface area contributed by atoms with Crippen LogP contribution < -0.4 is 15.0 Å². The van der Waals surface area contributed by atoms with Gasteiger partial charge in [-0.15, -0.1) is 0 Å². The summed E-state index contributed by atoms with van der Waals surface area (Å²) in [6.07, 6.45) is -4.23. The maximum atomic E-state index is 15.1. The van der Waals surface area contributed by atoms with E-state index in [0.717, 1.165) is 6.07 Å². The van der Waals surface area contributed by atoms with Crippen LogP contribution >= 0.6 is 0 Å². The van der Waals surface area contributed by atoms with E-state index >= 15 is 4.39 Å². The molecule has 0 aliphatic carbocycles. The van der Waals surface area contributed by atoms with Crippen molar-refractivity contribution in [1.29, 1.82) is 0 Å². The summed E-state index contributed by atoms with van der Waals surface area (Å²) in [5.74, 6) is -0.727. The minimum Gasteiger partial charge on any atom is -0.493 e. The molecule has 3 aromatic rings. The molecule has 2 atom stereocenters. The van der Waals surface area contributed by atoms with Gasteiger partial charge in [0, 0.05) is 29.5 Å². The molecule has 11 heteroatoms. The van der Waals surface area contributed by atoms with Crippen molar-refractivity contribution < 1.29 is 31.8 Å². The Labute approximate surface area is 204 Å². The van der Waals surface area contributed by atoms with E-state index in [4.69, 9.17) is 9.47 Å². The summed E-state index contributed by atoms with van der Waals surface area (Å²) < 4.78 is 67.3. The molecule has 36 heavy (non-hydrogen) atoms. The minimum atomic E-state index is -4.59. The Bertz CT molecular complexity index is 1330.